The van der Waals surface area contributed by atoms with Gasteiger partial charge in [0.05, 0.1) is 12.2 Å². The van der Waals surface area contributed by atoms with E-state index in [0.717, 1.165) is 27.7 Å². The number of esters is 2. The van der Waals surface area contributed by atoms with E-state index in [1.54, 1.807) is 30.3 Å². The third kappa shape index (κ3) is 5.85. The number of carbonyl (C=O) groups excluding carboxylic acids is 2. The summed E-state index contributed by atoms with van der Waals surface area (Å²) in [5.41, 5.74) is -0.266. The lowest BCUT2D eigenvalue weighted by molar-refractivity contribution is -0.145. The Morgan fingerprint density at radius 1 is 0.946 bits per heavy atom. The van der Waals surface area contributed by atoms with Crippen LogP contribution >= 0.6 is 0 Å². The average molecular weight is 508 g/mol. The van der Waals surface area contributed by atoms with Crippen molar-refractivity contribution < 1.29 is 33.3 Å². The van der Waals surface area contributed by atoms with Crippen molar-refractivity contribution in [3.63, 3.8) is 0 Å². The fraction of sp³-hybridized carbons (Fsp3) is 0.231. The van der Waals surface area contributed by atoms with Crippen molar-refractivity contribution in [3.05, 3.63) is 117 Å². The Morgan fingerprint density at radius 3 is 2.27 bits per heavy atom. The normalized spacial score (nSPS) is 16.8. The molecule has 4 rings (SSSR count). The number of hydrogen-bond donors (Lipinski definition) is 0. The van der Waals surface area contributed by atoms with Gasteiger partial charge in [0, 0.05) is 26.3 Å². The van der Waals surface area contributed by atoms with Crippen molar-refractivity contribution in [1.29, 1.82) is 0 Å². The highest BCUT2D eigenvalue weighted by Crippen LogP contribution is 2.35. The van der Waals surface area contributed by atoms with E-state index in [1.807, 2.05) is 30.3 Å². The highest BCUT2D eigenvalue weighted by Gasteiger charge is 2.44. The summed E-state index contributed by atoms with van der Waals surface area (Å²) in [6, 6.07) is 18.5. The maximum Gasteiger partial charge on any atom is 0.343 e. The summed E-state index contributed by atoms with van der Waals surface area (Å²) < 4.78 is 29.3. The van der Waals surface area contributed by atoms with Gasteiger partial charge in [-0.05, 0) is 17.7 Å². The molecule has 0 N–H and O–H groups in total. The minimum Gasteiger partial charge on any atom is -0.435 e. The molecule has 2 atom stereocenters. The predicted molar refractivity (Wildman–Crippen MR) is 128 cm³/mol. The molecule has 2 heterocycles. The summed E-state index contributed by atoms with van der Waals surface area (Å²) in [6.45, 7) is 0.996. The summed E-state index contributed by atoms with van der Waals surface area (Å²) in [5.74, 6) is -2.16. The second kappa shape index (κ2) is 11.5. The van der Waals surface area contributed by atoms with Gasteiger partial charge >= 0.3 is 23.6 Å². The standard InChI is InChI=1S/C26H24N2O9/c1-17(29)35-25-22(36-24(31)19-11-7-4-8-12-19)21(33-2)23(37-25)27-14-13-20(30)28(26(27)32)16-34-15-18-9-5-3-6-10-18/h3-14,21,23H,15-16H2,1-2H3/t21?,23-/m1/s1. The second-order valence-corrected chi connectivity index (χ2v) is 7.90. The average Bonchev–Trinajstić information content (AvgIpc) is 3.22. The van der Waals surface area contributed by atoms with E-state index in [-0.39, 0.29) is 24.7 Å². The molecule has 0 bridgehead atoms. The summed E-state index contributed by atoms with van der Waals surface area (Å²) in [6.07, 6.45) is -1.22. The zero-order valence-electron chi connectivity index (χ0n) is 20.1. The molecule has 2 aromatic carbocycles. The smallest absolute Gasteiger partial charge is 0.343 e. The molecule has 0 fully saturated rings. The molecule has 1 aliphatic rings. The monoisotopic (exact) mass is 508 g/mol. The first-order valence-corrected chi connectivity index (χ1v) is 11.2. The molecule has 1 aliphatic heterocycles. The Balaban J connectivity index is 1.60. The van der Waals surface area contributed by atoms with E-state index in [1.165, 1.54) is 13.3 Å². The van der Waals surface area contributed by atoms with Crippen LogP contribution in [0.2, 0.25) is 0 Å². The number of hydrogen-bond acceptors (Lipinski definition) is 9. The van der Waals surface area contributed by atoms with Crippen LogP contribution in [-0.2, 0) is 41.8 Å². The molecular formula is C26H24N2O9. The van der Waals surface area contributed by atoms with Gasteiger partial charge in [0.15, 0.2) is 6.10 Å². The molecule has 3 aromatic rings. The molecule has 192 valence electrons. The summed E-state index contributed by atoms with van der Waals surface area (Å²) in [5, 5.41) is 0. The van der Waals surface area contributed by atoms with E-state index >= 15 is 0 Å². The molecular weight excluding hydrogens is 484 g/mol. The van der Waals surface area contributed by atoms with Crippen molar-refractivity contribution in [2.45, 2.75) is 32.6 Å². The predicted octanol–water partition coefficient (Wildman–Crippen LogP) is 2.32. The Kier molecular flexibility index (Phi) is 7.96. The van der Waals surface area contributed by atoms with E-state index in [2.05, 4.69) is 0 Å². The molecule has 0 saturated heterocycles. The van der Waals surface area contributed by atoms with Gasteiger partial charge in [-0.25, -0.2) is 14.2 Å². The van der Waals surface area contributed by atoms with E-state index in [4.69, 9.17) is 23.7 Å². The Bertz CT molecular complexity index is 1410. The molecule has 0 aliphatic carbocycles. The topological polar surface area (TPSA) is 124 Å². The Morgan fingerprint density at radius 2 is 1.62 bits per heavy atom. The maximum atomic E-state index is 13.2. The van der Waals surface area contributed by atoms with Gasteiger partial charge in [0.2, 0.25) is 12.0 Å². The minimum atomic E-state index is -1.26. The highest BCUT2D eigenvalue weighted by atomic mass is 16.7. The number of rotatable bonds is 9. The largest absolute Gasteiger partial charge is 0.435 e. The molecule has 0 saturated carbocycles. The number of aromatic nitrogens is 2. The number of nitrogens with zero attached hydrogens (tertiary/aromatic N) is 2. The van der Waals surface area contributed by atoms with Crippen LogP contribution in [0.3, 0.4) is 0 Å². The van der Waals surface area contributed by atoms with Crippen LogP contribution in [0.15, 0.2) is 94.2 Å². The zero-order valence-corrected chi connectivity index (χ0v) is 20.1. The summed E-state index contributed by atoms with van der Waals surface area (Å²) in [4.78, 5) is 50.1. The third-order valence-corrected chi connectivity index (χ3v) is 5.35. The van der Waals surface area contributed by atoms with E-state index in [9.17, 15) is 19.2 Å². The van der Waals surface area contributed by atoms with Gasteiger partial charge in [0.1, 0.15) is 6.73 Å². The number of carbonyl (C=O) groups is 2. The van der Waals surface area contributed by atoms with Crippen molar-refractivity contribution in [1.82, 2.24) is 9.13 Å². The van der Waals surface area contributed by atoms with Crippen LogP contribution < -0.4 is 11.2 Å². The lowest BCUT2D eigenvalue weighted by Gasteiger charge is -2.21. The second-order valence-electron chi connectivity index (χ2n) is 7.90. The Hall–Kier alpha value is -4.48. The number of methoxy groups -OCH3 is 1. The summed E-state index contributed by atoms with van der Waals surface area (Å²) >= 11 is 0. The van der Waals surface area contributed by atoms with Crippen LogP contribution in [0.25, 0.3) is 0 Å². The SMILES string of the molecule is COC1C(OC(=O)c2ccccc2)=C(OC(C)=O)O[C@H]1n1ccc(=O)n(COCc2ccccc2)c1=O. The van der Waals surface area contributed by atoms with Gasteiger partial charge < -0.3 is 23.7 Å². The summed E-state index contributed by atoms with van der Waals surface area (Å²) in [7, 11) is 1.30. The molecule has 0 spiro atoms. The number of benzene rings is 2. The molecule has 0 amide bonds. The van der Waals surface area contributed by atoms with E-state index in [0.29, 0.717) is 0 Å². The molecule has 1 unspecified atom stereocenters. The maximum absolute atomic E-state index is 13.2. The van der Waals surface area contributed by atoms with Gasteiger partial charge in [0.25, 0.3) is 5.56 Å². The van der Waals surface area contributed by atoms with Crippen molar-refractivity contribution >= 4 is 11.9 Å². The van der Waals surface area contributed by atoms with Gasteiger partial charge in [-0.1, -0.05) is 48.5 Å². The molecule has 11 heteroatoms. The van der Waals surface area contributed by atoms with Crippen molar-refractivity contribution in [2.24, 2.45) is 0 Å². The quantitative estimate of drug-likeness (QED) is 0.401. The van der Waals surface area contributed by atoms with Crippen LogP contribution in [0.5, 0.6) is 0 Å². The van der Waals surface area contributed by atoms with Crippen LogP contribution in [0.1, 0.15) is 29.1 Å². The molecule has 1 aromatic heterocycles. The fourth-order valence-electron chi connectivity index (χ4n) is 3.61. The van der Waals surface area contributed by atoms with Crippen molar-refractivity contribution in [3.8, 4) is 0 Å². The molecule has 37 heavy (non-hydrogen) atoms. The molecule has 11 nitrogen and oxygen atoms in total. The first kappa shape index (κ1) is 25.6. The van der Waals surface area contributed by atoms with Crippen LogP contribution in [0.4, 0.5) is 0 Å². The van der Waals surface area contributed by atoms with E-state index < -0.39 is 41.5 Å². The fourth-order valence-corrected chi connectivity index (χ4v) is 3.61. The first-order valence-electron chi connectivity index (χ1n) is 11.2. The third-order valence-electron chi connectivity index (χ3n) is 5.35. The highest BCUT2D eigenvalue weighted by molar-refractivity contribution is 5.90. The van der Waals surface area contributed by atoms with Gasteiger partial charge in [-0.15, -0.1) is 0 Å². The Labute approximate surface area is 211 Å². The van der Waals surface area contributed by atoms with Gasteiger partial charge in [-0.2, -0.15) is 0 Å². The zero-order chi connectivity index (χ0) is 26.4. The van der Waals surface area contributed by atoms with Crippen LogP contribution in [0, 0.1) is 0 Å². The van der Waals surface area contributed by atoms with Crippen molar-refractivity contribution in [2.75, 3.05) is 7.11 Å². The van der Waals surface area contributed by atoms with Crippen LogP contribution in [-0.4, -0.2) is 34.3 Å². The van der Waals surface area contributed by atoms with Gasteiger partial charge in [-0.3, -0.25) is 14.2 Å². The number of ether oxygens (including phenoxy) is 5. The minimum absolute atomic E-state index is 0.181. The lowest BCUT2D eigenvalue weighted by atomic mass is 10.2. The first-order chi connectivity index (χ1) is 17.9. The lowest BCUT2D eigenvalue weighted by Crippen LogP contribution is -2.43. The molecule has 0 radical (unpaired) electrons.